The smallest absolute Gasteiger partial charge is 0.304 e. The maximum atomic E-state index is 10.3. The standard InChI is InChI=1S/C7H10N4O2/c8-5(4-7(12)13)3-6-1-2-9-11-10-6/h1-2,5H,3-4,8H2,(H,12,13)/t5-/m1/s1. The van der Waals surface area contributed by atoms with E-state index in [0.29, 0.717) is 12.1 Å². The second-order valence-electron chi connectivity index (χ2n) is 2.67. The van der Waals surface area contributed by atoms with E-state index < -0.39 is 12.0 Å². The molecule has 0 aliphatic heterocycles. The van der Waals surface area contributed by atoms with Gasteiger partial charge in [0.05, 0.1) is 18.3 Å². The second kappa shape index (κ2) is 4.46. The van der Waals surface area contributed by atoms with Gasteiger partial charge in [0.2, 0.25) is 0 Å². The number of carboxylic acids is 1. The fourth-order valence-corrected chi connectivity index (χ4v) is 0.940. The van der Waals surface area contributed by atoms with Crippen LogP contribution in [-0.2, 0) is 11.2 Å². The van der Waals surface area contributed by atoms with Gasteiger partial charge in [0.25, 0.3) is 0 Å². The molecule has 1 aromatic heterocycles. The molecule has 70 valence electrons. The van der Waals surface area contributed by atoms with Crippen LogP contribution in [-0.4, -0.2) is 32.5 Å². The van der Waals surface area contributed by atoms with Crippen LogP contribution in [0, 0.1) is 0 Å². The molecule has 0 saturated heterocycles. The number of aliphatic carboxylic acids is 1. The van der Waals surface area contributed by atoms with Crippen LogP contribution in [0.15, 0.2) is 12.3 Å². The lowest BCUT2D eigenvalue weighted by Gasteiger charge is -2.06. The third kappa shape index (κ3) is 3.57. The minimum Gasteiger partial charge on any atom is -0.481 e. The Kier molecular flexibility index (Phi) is 3.27. The fraction of sp³-hybridized carbons (Fsp3) is 0.429. The van der Waals surface area contributed by atoms with Crippen LogP contribution in [0.5, 0.6) is 0 Å². The molecule has 1 aromatic rings. The molecular formula is C7H10N4O2. The second-order valence-corrected chi connectivity index (χ2v) is 2.67. The van der Waals surface area contributed by atoms with Crippen molar-refractivity contribution in [2.24, 2.45) is 5.73 Å². The van der Waals surface area contributed by atoms with Crippen LogP contribution in [0.25, 0.3) is 0 Å². The van der Waals surface area contributed by atoms with Gasteiger partial charge in [-0.25, -0.2) is 0 Å². The summed E-state index contributed by atoms with van der Waals surface area (Å²) in [7, 11) is 0. The summed E-state index contributed by atoms with van der Waals surface area (Å²) in [6.07, 6.45) is 1.83. The Morgan fingerprint density at radius 1 is 1.69 bits per heavy atom. The zero-order valence-electron chi connectivity index (χ0n) is 6.92. The van der Waals surface area contributed by atoms with Gasteiger partial charge in [0.1, 0.15) is 0 Å². The highest BCUT2D eigenvalue weighted by molar-refractivity contribution is 5.67. The zero-order valence-corrected chi connectivity index (χ0v) is 6.92. The van der Waals surface area contributed by atoms with Crippen molar-refractivity contribution >= 4 is 5.97 Å². The Bertz CT molecular complexity index is 277. The highest BCUT2D eigenvalue weighted by Crippen LogP contribution is 1.98. The fourth-order valence-electron chi connectivity index (χ4n) is 0.940. The lowest BCUT2D eigenvalue weighted by atomic mass is 10.1. The molecule has 1 atom stereocenters. The largest absolute Gasteiger partial charge is 0.481 e. The van der Waals surface area contributed by atoms with Crippen molar-refractivity contribution < 1.29 is 9.90 Å². The molecule has 0 unspecified atom stereocenters. The average molecular weight is 182 g/mol. The van der Waals surface area contributed by atoms with Crippen molar-refractivity contribution in [3.05, 3.63) is 18.0 Å². The number of aromatic nitrogens is 3. The molecule has 0 aliphatic rings. The highest BCUT2D eigenvalue weighted by Gasteiger charge is 2.09. The van der Waals surface area contributed by atoms with Gasteiger partial charge in [-0.3, -0.25) is 4.79 Å². The molecule has 1 heterocycles. The highest BCUT2D eigenvalue weighted by atomic mass is 16.4. The van der Waals surface area contributed by atoms with Crippen LogP contribution < -0.4 is 5.73 Å². The van der Waals surface area contributed by atoms with E-state index in [1.165, 1.54) is 6.20 Å². The van der Waals surface area contributed by atoms with Crippen LogP contribution in [0.3, 0.4) is 0 Å². The summed E-state index contributed by atoms with van der Waals surface area (Å²) in [6.45, 7) is 0. The van der Waals surface area contributed by atoms with E-state index in [4.69, 9.17) is 10.8 Å². The molecule has 0 amide bonds. The van der Waals surface area contributed by atoms with E-state index in [9.17, 15) is 4.79 Å². The van der Waals surface area contributed by atoms with Crippen LogP contribution in [0.1, 0.15) is 12.1 Å². The summed E-state index contributed by atoms with van der Waals surface area (Å²) >= 11 is 0. The molecule has 13 heavy (non-hydrogen) atoms. The normalized spacial score (nSPS) is 12.4. The van der Waals surface area contributed by atoms with Gasteiger partial charge >= 0.3 is 5.97 Å². The monoisotopic (exact) mass is 182 g/mol. The van der Waals surface area contributed by atoms with E-state index in [1.807, 2.05) is 0 Å². The first-order valence-electron chi connectivity index (χ1n) is 3.79. The van der Waals surface area contributed by atoms with E-state index in [-0.39, 0.29) is 6.42 Å². The van der Waals surface area contributed by atoms with Crippen molar-refractivity contribution in [1.82, 2.24) is 15.4 Å². The Labute approximate surface area is 74.8 Å². The number of nitrogens with zero attached hydrogens (tertiary/aromatic N) is 3. The quantitative estimate of drug-likeness (QED) is 0.633. The first kappa shape index (κ1) is 9.53. The predicted molar refractivity (Wildman–Crippen MR) is 43.8 cm³/mol. The summed E-state index contributed by atoms with van der Waals surface area (Å²) in [6, 6.07) is 1.24. The molecule has 0 spiro atoms. The van der Waals surface area contributed by atoms with Crippen LogP contribution in [0.4, 0.5) is 0 Å². The van der Waals surface area contributed by atoms with Gasteiger partial charge in [-0.2, -0.15) is 0 Å². The Hall–Kier alpha value is -1.56. The summed E-state index contributed by atoms with van der Waals surface area (Å²) in [4.78, 5) is 10.3. The molecule has 0 aliphatic carbocycles. The molecule has 3 N–H and O–H groups in total. The number of carbonyl (C=O) groups is 1. The van der Waals surface area contributed by atoms with Gasteiger partial charge in [0.15, 0.2) is 0 Å². The summed E-state index contributed by atoms with van der Waals surface area (Å²) in [5.41, 5.74) is 6.19. The lowest BCUT2D eigenvalue weighted by molar-refractivity contribution is -0.137. The van der Waals surface area contributed by atoms with E-state index in [0.717, 1.165) is 0 Å². The van der Waals surface area contributed by atoms with Crippen molar-refractivity contribution in [2.75, 3.05) is 0 Å². The number of rotatable bonds is 4. The molecule has 0 bridgehead atoms. The summed E-state index contributed by atoms with van der Waals surface area (Å²) in [5, 5.41) is 19.0. The summed E-state index contributed by atoms with van der Waals surface area (Å²) in [5.74, 6) is -0.908. The van der Waals surface area contributed by atoms with Crippen molar-refractivity contribution in [1.29, 1.82) is 0 Å². The molecular weight excluding hydrogens is 172 g/mol. The average Bonchev–Trinajstić information content (AvgIpc) is 2.04. The van der Waals surface area contributed by atoms with Gasteiger partial charge in [-0.1, -0.05) is 0 Å². The third-order valence-electron chi connectivity index (χ3n) is 1.47. The Morgan fingerprint density at radius 3 is 3.00 bits per heavy atom. The molecule has 6 heteroatoms. The maximum Gasteiger partial charge on any atom is 0.304 e. The predicted octanol–water partition coefficient (Wildman–Crippen LogP) is -0.784. The van der Waals surface area contributed by atoms with Crippen LogP contribution in [0.2, 0.25) is 0 Å². The van der Waals surface area contributed by atoms with Crippen molar-refractivity contribution in [2.45, 2.75) is 18.9 Å². The third-order valence-corrected chi connectivity index (χ3v) is 1.47. The molecule has 1 rings (SSSR count). The SMILES string of the molecule is N[C@@H](CC(=O)O)Cc1ccnnn1. The Balaban J connectivity index is 2.45. The number of nitrogens with two attached hydrogens (primary N) is 1. The van der Waals surface area contributed by atoms with Crippen LogP contribution >= 0.6 is 0 Å². The lowest BCUT2D eigenvalue weighted by Crippen LogP contribution is -2.26. The van der Waals surface area contributed by atoms with Gasteiger partial charge < -0.3 is 10.8 Å². The molecule has 6 nitrogen and oxygen atoms in total. The molecule has 0 radical (unpaired) electrons. The van der Waals surface area contributed by atoms with E-state index in [1.54, 1.807) is 6.07 Å². The van der Waals surface area contributed by atoms with Crippen molar-refractivity contribution in [3.63, 3.8) is 0 Å². The van der Waals surface area contributed by atoms with E-state index in [2.05, 4.69) is 15.4 Å². The first-order valence-corrected chi connectivity index (χ1v) is 3.79. The van der Waals surface area contributed by atoms with Gasteiger partial charge in [-0.15, -0.1) is 10.2 Å². The Morgan fingerprint density at radius 2 is 2.46 bits per heavy atom. The van der Waals surface area contributed by atoms with Gasteiger partial charge in [0, 0.05) is 12.5 Å². The minimum atomic E-state index is -0.908. The van der Waals surface area contributed by atoms with E-state index >= 15 is 0 Å². The minimum absolute atomic E-state index is 0.0655. The van der Waals surface area contributed by atoms with Crippen molar-refractivity contribution in [3.8, 4) is 0 Å². The topological polar surface area (TPSA) is 102 Å². The first-order chi connectivity index (χ1) is 6.18. The van der Waals surface area contributed by atoms with Gasteiger partial charge in [-0.05, 0) is 11.3 Å². The molecule has 0 aromatic carbocycles. The summed E-state index contributed by atoms with van der Waals surface area (Å²) < 4.78 is 0. The zero-order chi connectivity index (χ0) is 9.68. The maximum absolute atomic E-state index is 10.3. The number of hydrogen-bond donors (Lipinski definition) is 2. The number of hydrogen-bond acceptors (Lipinski definition) is 5. The molecule has 0 saturated carbocycles. The molecule has 0 fully saturated rings. The number of carboxylic acid groups (broad SMARTS) is 1.